The minimum Gasteiger partial charge on any atom is -0.486 e. The number of carbonyl (C=O) groups is 3. The lowest BCUT2D eigenvalue weighted by Crippen LogP contribution is -2.52. The van der Waals surface area contributed by atoms with Gasteiger partial charge in [-0.25, -0.2) is 4.79 Å². The van der Waals surface area contributed by atoms with Gasteiger partial charge in [0, 0.05) is 36.9 Å². The molecule has 0 aromatic heterocycles. The van der Waals surface area contributed by atoms with Crippen LogP contribution < -0.4 is 19.7 Å². The summed E-state index contributed by atoms with van der Waals surface area (Å²) in [6.45, 7) is 4.47. The molecule has 0 aliphatic carbocycles. The number of urea groups is 1. The molecule has 3 aliphatic heterocycles. The summed E-state index contributed by atoms with van der Waals surface area (Å²) in [6.07, 6.45) is 0. The normalized spacial score (nSPS) is 22.1. The molecule has 178 valence electrons. The number of benzene rings is 2. The molecule has 2 aromatic carbocycles. The monoisotopic (exact) mass is 484 g/mol. The topological polar surface area (TPSA) is 91.4 Å². The Balaban J connectivity index is 1.24. The summed E-state index contributed by atoms with van der Waals surface area (Å²) in [4.78, 5) is 43.8. The summed E-state index contributed by atoms with van der Waals surface area (Å²) in [5.41, 5.74) is 0.280. The Bertz CT molecular complexity index is 1150. The third-order valence-electron chi connectivity index (χ3n) is 6.49. The van der Waals surface area contributed by atoms with Crippen LogP contribution in [0.1, 0.15) is 12.5 Å². The summed E-state index contributed by atoms with van der Waals surface area (Å²) in [6, 6.07) is 12.2. The molecule has 9 nitrogen and oxygen atoms in total. The molecule has 0 bridgehead atoms. The molecular weight excluding hydrogens is 460 g/mol. The van der Waals surface area contributed by atoms with Crippen LogP contribution in [-0.2, 0) is 15.1 Å². The number of anilines is 1. The number of ether oxygens (including phenoxy) is 2. The van der Waals surface area contributed by atoms with Gasteiger partial charge in [-0.05, 0) is 42.8 Å². The van der Waals surface area contributed by atoms with E-state index in [1.165, 1.54) is 0 Å². The average Bonchev–Trinajstić information content (AvgIpc) is 3.07. The second-order valence-corrected chi connectivity index (χ2v) is 9.09. The molecule has 0 unspecified atom stereocenters. The van der Waals surface area contributed by atoms with Crippen LogP contribution in [0.5, 0.6) is 11.5 Å². The Kier molecular flexibility index (Phi) is 5.73. The number of fused-ring (bicyclic) bond motifs is 1. The van der Waals surface area contributed by atoms with E-state index < -0.39 is 17.5 Å². The zero-order valence-electron chi connectivity index (χ0n) is 18.8. The number of nitrogens with one attached hydrogen (secondary N) is 1. The lowest BCUT2D eigenvalue weighted by Gasteiger charge is -2.36. The highest BCUT2D eigenvalue weighted by atomic mass is 35.5. The number of rotatable bonds is 4. The van der Waals surface area contributed by atoms with Crippen molar-refractivity contribution in [2.24, 2.45) is 0 Å². The van der Waals surface area contributed by atoms with Crippen molar-refractivity contribution in [3.63, 3.8) is 0 Å². The van der Waals surface area contributed by atoms with Gasteiger partial charge in [-0.3, -0.25) is 14.5 Å². The van der Waals surface area contributed by atoms with E-state index in [1.807, 2.05) is 24.3 Å². The first-order valence-electron chi connectivity index (χ1n) is 11.2. The highest BCUT2D eigenvalue weighted by Crippen LogP contribution is 2.36. The van der Waals surface area contributed by atoms with E-state index >= 15 is 0 Å². The van der Waals surface area contributed by atoms with Gasteiger partial charge < -0.3 is 24.6 Å². The van der Waals surface area contributed by atoms with E-state index in [0.717, 1.165) is 10.6 Å². The molecule has 0 spiro atoms. The molecule has 2 fully saturated rings. The van der Waals surface area contributed by atoms with E-state index in [1.54, 1.807) is 30.0 Å². The van der Waals surface area contributed by atoms with Crippen molar-refractivity contribution in [2.75, 3.05) is 50.8 Å². The van der Waals surface area contributed by atoms with Crippen LogP contribution in [0, 0.1) is 0 Å². The van der Waals surface area contributed by atoms with Crippen LogP contribution in [0.4, 0.5) is 10.5 Å². The van der Waals surface area contributed by atoms with Crippen molar-refractivity contribution < 1.29 is 23.9 Å². The minimum absolute atomic E-state index is 0.263. The molecule has 1 N–H and O–H groups in total. The molecule has 3 heterocycles. The zero-order valence-corrected chi connectivity index (χ0v) is 19.5. The van der Waals surface area contributed by atoms with Gasteiger partial charge in [0.15, 0.2) is 11.5 Å². The molecule has 1 atom stereocenters. The number of hydrogen-bond donors (Lipinski definition) is 1. The fraction of sp³-hybridized carbons (Fsp3) is 0.375. The maximum atomic E-state index is 13.3. The van der Waals surface area contributed by atoms with Gasteiger partial charge in [0.1, 0.15) is 25.3 Å². The highest BCUT2D eigenvalue weighted by molar-refractivity contribution is 6.30. The minimum atomic E-state index is -1.29. The number of nitrogens with zero attached hydrogens (tertiary/aromatic N) is 3. The van der Waals surface area contributed by atoms with Crippen LogP contribution >= 0.6 is 11.6 Å². The van der Waals surface area contributed by atoms with Crippen LogP contribution in [0.3, 0.4) is 0 Å². The Hall–Kier alpha value is -3.46. The van der Waals surface area contributed by atoms with E-state index in [4.69, 9.17) is 21.1 Å². The molecule has 2 aromatic rings. The van der Waals surface area contributed by atoms with Gasteiger partial charge >= 0.3 is 6.03 Å². The lowest BCUT2D eigenvalue weighted by molar-refractivity contribution is -0.139. The summed E-state index contributed by atoms with van der Waals surface area (Å²) in [7, 11) is 0. The fourth-order valence-corrected chi connectivity index (χ4v) is 4.70. The van der Waals surface area contributed by atoms with Gasteiger partial charge in [0.2, 0.25) is 5.91 Å². The Morgan fingerprint density at radius 1 is 1.03 bits per heavy atom. The van der Waals surface area contributed by atoms with Crippen LogP contribution in [0.15, 0.2) is 42.5 Å². The third-order valence-corrected chi connectivity index (χ3v) is 6.73. The van der Waals surface area contributed by atoms with Crippen LogP contribution in [0.25, 0.3) is 0 Å². The summed E-state index contributed by atoms with van der Waals surface area (Å²) >= 11 is 6.09. The lowest BCUT2D eigenvalue weighted by atomic mass is 9.91. The Morgan fingerprint density at radius 2 is 1.76 bits per heavy atom. The predicted octanol–water partition coefficient (Wildman–Crippen LogP) is 2.23. The largest absolute Gasteiger partial charge is 0.486 e. The molecule has 34 heavy (non-hydrogen) atoms. The van der Waals surface area contributed by atoms with Gasteiger partial charge in [-0.15, -0.1) is 0 Å². The van der Waals surface area contributed by atoms with E-state index in [2.05, 4.69) is 10.2 Å². The molecule has 4 amide bonds. The SMILES string of the molecule is C[C@@]1(c2ccc3c(c2)OCCO3)NC(=O)N(CC(=O)N2CCN(c3cccc(Cl)c3)CC2)C1=O. The number of carbonyl (C=O) groups excluding carboxylic acids is 3. The quantitative estimate of drug-likeness (QED) is 0.669. The van der Waals surface area contributed by atoms with Gasteiger partial charge in [-0.2, -0.15) is 0 Å². The smallest absolute Gasteiger partial charge is 0.325 e. The van der Waals surface area contributed by atoms with Crippen molar-refractivity contribution in [3.05, 3.63) is 53.1 Å². The van der Waals surface area contributed by atoms with E-state index in [9.17, 15) is 14.4 Å². The van der Waals surface area contributed by atoms with Crippen molar-refractivity contribution in [1.82, 2.24) is 15.1 Å². The van der Waals surface area contributed by atoms with Crippen molar-refractivity contribution in [1.29, 1.82) is 0 Å². The van der Waals surface area contributed by atoms with Gasteiger partial charge in [-0.1, -0.05) is 23.7 Å². The predicted molar refractivity (Wildman–Crippen MR) is 125 cm³/mol. The first kappa shape index (κ1) is 22.3. The second kappa shape index (κ2) is 8.72. The molecular formula is C24H25ClN4O5. The van der Waals surface area contributed by atoms with Crippen LogP contribution in [-0.4, -0.2) is 73.6 Å². The summed E-state index contributed by atoms with van der Waals surface area (Å²) in [5.74, 6) is 0.388. The Morgan fingerprint density at radius 3 is 2.50 bits per heavy atom. The highest BCUT2D eigenvalue weighted by Gasteiger charge is 2.50. The van der Waals surface area contributed by atoms with Crippen molar-refractivity contribution in [3.8, 4) is 11.5 Å². The second-order valence-electron chi connectivity index (χ2n) is 8.65. The number of imide groups is 1. The number of hydrogen-bond acceptors (Lipinski definition) is 6. The van der Waals surface area contributed by atoms with Gasteiger partial charge in [0.05, 0.1) is 0 Å². The number of amides is 4. The first-order valence-corrected chi connectivity index (χ1v) is 11.6. The van der Waals surface area contributed by atoms with Gasteiger partial charge in [0.25, 0.3) is 5.91 Å². The maximum absolute atomic E-state index is 13.3. The Labute approximate surface area is 202 Å². The maximum Gasteiger partial charge on any atom is 0.325 e. The first-order chi connectivity index (χ1) is 16.3. The zero-order chi connectivity index (χ0) is 23.9. The van der Waals surface area contributed by atoms with Crippen molar-refractivity contribution >= 4 is 35.1 Å². The summed E-state index contributed by atoms with van der Waals surface area (Å²) < 4.78 is 11.2. The molecule has 3 aliphatic rings. The van der Waals surface area contributed by atoms with E-state index in [0.29, 0.717) is 61.5 Å². The molecule has 0 radical (unpaired) electrons. The molecule has 2 saturated heterocycles. The number of piperazine rings is 1. The van der Waals surface area contributed by atoms with Crippen LogP contribution in [0.2, 0.25) is 5.02 Å². The number of halogens is 1. The fourth-order valence-electron chi connectivity index (χ4n) is 4.51. The standard InChI is InChI=1S/C24H25ClN4O5/c1-24(16-5-6-19-20(13-16)34-12-11-33-19)22(31)29(23(32)26-24)15-21(30)28-9-7-27(8-10-28)18-4-2-3-17(25)14-18/h2-6,13-14H,7-12,15H2,1H3,(H,26,32)/t24-/m0/s1. The van der Waals surface area contributed by atoms with E-state index in [-0.39, 0.29) is 12.5 Å². The molecule has 5 rings (SSSR count). The summed E-state index contributed by atoms with van der Waals surface area (Å²) in [5, 5.41) is 3.41. The molecule has 10 heteroatoms. The third kappa shape index (κ3) is 4.00. The van der Waals surface area contributed by atoms with Crippen molar-refractivity contribution in [2.45, 2.75) is 12.5 Å². The average molecular weight is 485 g/mol. The molecule has 0 saturated carbocycles.